The lowest BCUT2D eigenvalue weighted by Gasteiger charge is -2.32. The lowest BCUT2D eigenvalue weighted by molar-refractivity contribution is 0.390. The summed E-state index contributed by atoms with van der Waals surface area (Å²) in [6.45, 7) is 20.4. The number of benzene rings is 3. The van der Waals surface area contributed by atoms with Crippen LogP contribution in [0.2, 0.25) is 0 Å². The zero-order valence-corrected chi connectivity index (χ0v) is 30.6. The number of allylic oxidation sites excluding steroid dienone is 2. The number of fused-ring (bicyclic) bond motifs is 3. The summed E-state index contributed by atoms with van der Waals surface area (Å²) in [7, 11) is 0. The van der Waals surface area contributed by atoms with Crippen molar-refractivity contribution in [1.82, 2.24) is 19.3 Å². The van der Waals surface area contributed by atoms with Crippen molar-refractivity contribution >= 4 is 21.8 Å². The predicted octanol–water partition coefficient (Wildman–Crippen LogP) is 11.7. The molecule has 0 amide bonds. The van der Waals surface area contributed by atoms with Crippen molar-refractivity contribution in [2.45, 2.75) is 92.9 Å². The van der Waals surface area contributed by atoms with Crippen molar-refractivity contribution in [2.24, 2.45) is 11.8 Å². The van der Waals surface area contributed by atoms with Crippen molar-refractivity contribution < 1.29 is 4.74 Å². The normalized spacial score (nSPS) is 18.3. The summed E-state index contributed by atoms with van der Waals surface area (Å²) in [5.41, 5.74) is 10.8. The number of pyridine rings is 1. The van der Waals surface area contributed by atoms with E-state index in [1.165, 1.54) is 45.2 Å². The van der Waals surface area contributed by atoms with Crippen LogP contribution in [0.15, 0.2) is 90.6 Å². The molecular formula is C44H50N4O. The molecule has 5 heteroatoms. The molecule has 7 rings (SSSR count). The lowest BCUT2D eigenvalue weighted by atomic mass is 9.72. The molecule has 252 valence electrons. The Hall–Kier alpha value is -4.64. The van der Waals surface area contributed by atoms with Crippen LogP contribution in [-0.2, 0) is 11.8 Å². The van der Waals surface area contributed by atoms with E-state index < -0.39 is 0 Å². The van der Waals surface area contributed by atoms with Crippen LogP contribution in [0, 0.1) is 25.7 Å². The van der Waals surface area contributed by atoms with Crippen LogP contribution in [0.5, 0.6) is 11.5 Å². The summed E-state index contributed by atoms with van der Waals surface area (Å²) in [6, 6.07) is 26.0. The van der Waals surface area contributed by atoms with E-state index in [2.05, 4.69) is 150 Å². The fraction of sp³-hybridized carbons (Fsp3) is 0.364. The molecule has 1 aliphatic carbocycles. The van der Waals surface area contributed by atoms with Crippen LogP contribution in [0.25, 0.3) is 33.3 Å². The zero-order chi connectivity index (χ0) is 34.6. The molecule has 0 N–H and O–H groups in total. The summed E-state index contributed by atoms with van der Waals surface area (Å²) in [4.78, 5) is 4.83. The SMILES string of the molecule is CCCc1ccnc(-n2c3ccccc3c3ccc(Oc4cc(-n5nc(C)c(C6C(C)=C[C@H](C)C[C@@H]6C)c5C)cc(C(C)(C)C)c4)cc32)c1. The first-order valence-electron chi connectivity index (χ1n) is 18.0. The van der Waals surface area contributed by atoms with E-state index in [9.17, 15) is 0 Å². The van der Waals surface area contributed by atoms with E-state index in [0.29, 0.717) is 17.8 Å². The number of nitrogens with zero attached hydrogens (tertiary/aromatic N) is 4. The van der Waals surface area contributed by atoms with E-state index in [4.69, 9.17) is 14.8 Å². The monoisotopic (exact) mass is 650 g/mol. The third-order valence-electron chi connectivity index (χ3n) is 10.5. The first-order chi connectivity index (χ1) is 23.4. The Bertz CT molecular complexity index is 2210. The van der Waals surface area contributed by atoms with E-state index >= 15 is 0 Å². The number of rotatable bonds is 7. The molecule has 6 aromatic rings. The van der Waals surface area contributed by atoms with Crippen LogP contribution in [-0.4, -0.2) is 19.3 Å². The van der Waals surface area contributed by atoms with Crippen molar-refractivity contribution in [3.05, 3.63) is 119 Å². The second-order valence-electron chi connectivity index (χ2n) is 15.4. The van der Waals surface area contributed by atoms with E-state index in [0.717, 1.165) is 52.6 Å². The number of aromatic nitrogens is 4. The number of para-hydroxylation sites is 1. The largest absolute Gasteiger partial charge is 0.457 e. The topological polar surface area (TPSA) is 44.9 Å². The first-order valence-corrected chi connectivity index (χ1v) is 18.0. The molecule has 1 aliphatic rings. The Morgan fingerprint density at radius 1 is 0.857 bits per heavy atom. The molecule has 0 spiro atoms. The standard InChI is InChI=1S/C44H50N4O/c1-10-13-32-18-19-45-41(22-32)47-39-15-12-11-14-37(39)38-17-16-35(26-40(38)47)49-36-24-33(44(7,8)9)23-34(25-36)48-31(6)43(30(5)46-48)42-28(3)20-27(2)21-29(42)4/h11-12,14-20,22-27,29,42H,10,13,21H2,1-9H3/t27-,29-,42?/m0/s1. The minimum Gasteiger partial charge on any atom is -0.457 e. The smallest absolute Gasteiger partial charge is 0.137 e. The van der Waals surface area contributed by atoms with Crippen LogP contribution < -0.4 is 4.74 Å². The van der Waals surface area contributed by atoms with Crippen molar-refractivity contribution in [3.8, 4) is 23.0 Å². The molecule has 0 saturated carbocycles. The summed E-state index contributed by atoms with van der Waals surface area (Å²) >= 11 is 0. The molecule has 49 heavy (non-hydrogen) atoms. The average molecular weight is 651 g/mol. The Kier molecular flexibility index (Phi) is 8.50. The highest BCUT2D eigenvalue weighted by atomic mass is 16.5. The summed E-state index contributed by atoms with van der Waals surface area (Å²) in [5.74, 6) is 4.11. The van der Waals surface area contributed by atoms with Gasteiger partial charge in [0.15, 0.2) is 0 Å². The maximum Gasteiger partial charge on any atom is 0.137 e. The second-order valence-corrected chi connectivity index (χ2v) is 15.4. The molecule has 1 unspecified atom stereocenters. The highest BCUT2D eigenvalue weighted by Crippen LogP contribution is 2.43. The van der Waals surface area contributed by atoms with Crippen molar-refractivity contribution in [1.29, 1.82) is 0 Å². The Balaban J connectivity index is 1.33. The number of hydrogen-bond donors (Lipinski definition) is 0. The fourth-order valence-corrected chi connectivity index (χ4v) is 8.28. The van der Waals surface area contributed by atoms with Crippen LogP contribution in [0.3, 0.4) is 0 Å². The molecule has 3 heterocycles. The lowest BCUT2D eigenvalue weighted by Crippen LogP contribution is -2.20. The first kappa shape index (κ1) is 32.9. The molecule has 0 saturated heterocycles. The highest BCUT2D eigenvalue weighted by molar-refractivity contribution is 6.09. The van der Waals surface area contributed by atoms with Crippen molar-refractivity contribution in [3.63, 3.8) is 0 Å². The molecule has 0 aliphatic heterocycles. The van der Waals surface area contributed by atoms with Gasteiger partial charge in [-0.05, 0) is 104 Å². The Morgan fingerprint density at radius 3 is 2.39 bits per heavy atom. The van der Waals surface area contributed by atoms with Crippen LogP contribution in [0.1, 0.15) is 95.3 Å². The maximum absolute atomic E-state index is 6.79. The minimum absolute atomic E-state index is 0.0774. The molecule has 0 bridgehead atoms. The quantitative estimate of drug-likeness (QED) is 0.162. The van der Waals surface area contributed by atoms with E-state index in [-0.39, 0.29) is 5.41 Å². The van der Waals surface area contributed by atoms with Crippen LogP contribution in [0.4, 0.5) is 0 Å². The molecular weight excluding hydrogens is 601 g/mol. The van der Waals surface area contributed by atoms with Gasteiger partial charge < -0.3 is 4.74 Å². The van der Waals surface area contributed by atoms with E-state index in [1.54, 1.807) is 0 Å². The van der Waals surface area contributed by atoms with Gasteiger partial charge in [-0.25, -0.2) is 9.67 Å². The molecule has 3 aromatic carbocycles. The Morgan fingerprint density at radius 2 is 1.63 bits per heavy atom. The molecule has 0 fully saturated rings. The van der Waals surface area contributed by atoms with Gasteiger partial charge in [0.1, 0.15) is 17.3 Å². The van der Waals surface area contributed by atoms with E-state index in [1.807, 2.05) is 6.20 Å². The number of ether oxygens (including phenoxy) is 1. The van der Waals surface area contributed by atoms with Gasteiger partial charge in [0, 0.05) is 46.3 Å². The summed E-state index contributed by atoms with van der Waals surface area (Å²) in [5, 5.41) is 7.55. The van der Waals surface area contributed by atoms with Gasteiger partial charge in [0.05, 0.1) is 22.4 Å². The highest BCUT2D eigenvalue weighted by Gasteiger charge is 2.31. The third kappa shape index (κ3) is 6.09. The number of hydrogen-bond acceptors (Lipinski definition) is 3. The van der Waals surface area contributed by atoms with Gasteiger partial charge in [0.25, 0.3) is 0 Å². The summed E-state index contributed by atoms with van der Waals surface area (Å²) in [6.07, 6.45) is 7.71. The summed E-state index contributed by atoms with van der Waals surface area (Å²) < 4.78 is 11.2. The average Bonchev–Trinajstić information content (AvgIpc) is 3.53. The molecule has 3 atom stereocenters. The van der Waals surface area contributed by atoms with Gasteiger partial charge in [-0.15, -0.1) is 0 Å². The number of aryl methyl sites for hydroxylation is 2. The predicted molar refractivity (Wildman–Crippen MR) is 204 cm³/mol. The van der Waals surface area contributed by atoms with Gasteiger partial charge in [0.2, 0.25) is 0 Å². The molecule has 5 nitrogen and oxygen atoms in total. The Labute approximate surface area is 291 Å². The van der Waals surface area contributed by atoms with Gasteiger partial charge in [-0.3, -0.25) is 4.57 Å². The molecule has 0 radical (unpaired) electrons. The van der Waals surface area contributed by atoms with Crippen LogP contribution >= 0.6 is 0 Å². The zero-order valence-electron chi connectivity index (χ0n) is 30.6. The minimum atomic E-state index is -0.0774. The van der Waals surface area contributed by atoms with Gasteiger partial charge in [-0.1, -0.05) is 77.8 Å². The fourth-order valence-electron chi connectivity index (χ4n) is 8.28. The third-order valence-corrected chi connectivity index (χ3v) is 10.5. The van der Waals surface area contributed by atoms with Crippen molar-refractivity contribution in [2.75, 3.05) is 0 Å². The second kappa shape index (κ2) is 12.7. The van der Waals surface area contributed by atoms with Gasteiger partial charge in [-0.2, -0.15) is 5.10 Å². The van der Waals surface area contributed by atoms with Gasteiger partial charge >= 0.3 is 0 Å². The molecule has 3 aromatic heterocycles. The maximum atomic E-state index is 6.79.